The van der Waals surface area contributed by atoms with Crippen molar-refractivity contribution in [3.63, 3.8) is 0 Å². The predicted octanol–water partition coefficient (Wildman–Crippen LogP) is 4.10. The van der Waals surface area contributed by atoms with Crippen LogP contribution in [0.4, 0.5) is 0 Å². The van der Waals surface area contributed by atoms with Gasteiger partial charge in [0.15, 0.2) is 11.0 Å². The van der Waals surface area contributed by atoms with E-state index in [1.165, 1.54) is 28.0 Å². The Kier molecular flexibility index (Phi) is 3.54. The van der Waals surface area contributed by atoms with E-state index in [1.54, 1.807) is 0 Å². The maximum Gasteiger partial charge on any atom is 0.289 e. The molecule has 0 bridgehead atoms. The fourth-order valence-electron chi connectivity index (χ4n) is 3.09. The number of imidazole rings is 1. The number of nitrogens with zero attached hydrogens (tertiary/aromatic N) is 2. The third kappa shape index (κ3) is 2.35. The number of aromatic nitrogens is 2. The highest BCUT2D eigenvalue weighted by atomic mass is 15.2. The molecule has 108 valence electrons. The van der Waals surface area contributed by atoms with Crippen LogP contribution in [-0.2, 0) is 13.6 Å². The Morgan fingerprint density at radius 3 is 2.38 bits per heavy atom. The molecule has 21 heavy (non-hydrogen) atoms. The summed E-state index contributed by atoms with van der Waals surface area (Å²) in [7, 11) is 2.17. The molecule has 2 nitrogen and oxygen atoms in total. The van der Waals surface area contributed by atoms with Crippen LogP contribution in [-0.4, -0.2) is 4.57 Å². The van der Waals surface area contributed by atoms with Gasteiger partial charge in [-0.25, -0.2) is 9.13 Å². The van der Waals surface area contributed by atoms with Crippen molar-refractivity contribution in [2.45, 2.75) is 27.3 Å². The second-order valence-electron chi connectivity index (χ2n) is 6.19. The van der Waals surface area contributed by atoms with Gasteiger partial charge in [-0.2, -0.15) is 0 Å². The van der Waals surface area contributed by atoms with E-state index in [9.17, 15) is 0 Å². The Morgan fingerprint density at radius 2 is 1.67 bits per heavy atom. The monoisotopic (exact) mass is 279 g/mol. The molecule has 3 rings (SSSR count). The van der Waals surface area contributed by atoms with Gasteiger partial charge in [0.25, 0.3) is 5.82 Å². The van der Waals surface area contributed by atoms with E-state index < -0.39 is 0 Å². The van der Waals surface area contributed by atoms with Gasteiger partial charge in [0.1, 0.15) is 0 Å². The summed E-state index contributed by atoms with van der Waals surface area (Å²) in [6.07, 6.45) is 0. The zero-order chi connectivity index (χ0) is 15.0. The quantitative estimate of drug-likeness (QED) is 0.638. The molecule has 0 saturated carbocycles. The molecule has 0 N–H and O–H groups in total. The van der Waals surface area contributed by atoms with Crippen LogP contribution in [0.3, 0.4) is 0 Å². The Hall–Kier alpha value is -2.09. The van der Waals surface area contributed by atoms with Crippen LogP contribution >= 0.6 is 0 Å². The molecule has 0 spiro atoms. The highest BCUT2D eigenvalue weighted by Crippen LogP contribution is 2.26. The van der Waals surface area contributed by atoms with Gasteiger partial charge in [-0.15, -0.1) is 0 Å². The molecule has 0 aliphatic carbocycles. The third-order valence-corrected chi connectivity index (χ3v) is 4.04. The molecule has 0 aliphatic rings. The lowest BCUT2D eigenvalue weighted by Crippen LogP contribution is -2.30. The summed E-state index contributed by atoms with van der Waals surface area (Å²) in [5, 5.41) is 0. The lowest BCUT2D eigenvalue weighted by molar-refractivity contribution is -0.634. The van der Waals surface area contributed by atoms with Crippen molar-refractivity contribution in [2.24, 2.45) is 13.0 Å². The number of hydrogen-bond donors (Lipinski definition) is 0. The number of para-hydroxylation sites is 2. The van der Waals surface area contributed by atoms with Crippen LogP contribution in [0, 0.1) is 12.8 Å². The van der Waals surface area contributed by atoms with Gasteiger partial charge < -0.3 is 0 Å². The van der Waals surface area contributed by atoms with Crippen LogP contribution in [0.5, 0.6) is 0 Å². The first-order chi connectivity index (χ1) is 10.1. The topological polar surface area (TPSA) is 8.81 Å². The van der Waals surface area contributed by atoms with Crippen molar-refractivity contribution in [1.82, 2.24) is 4.57 Å². The molecule has 0 saturated heterocycles. The summed E-state index contributed by atoms with van der Waals surface area (Å²) in [5.41, 5.74) is 5.24. The van der Waals surface area contributed by atoms with Crippen LogP contribution in [0.1, 0.15) is 19.4 Å². The molecule has 1 heterocycles. The molecule has 0 fully saturated rings. The van der Waals surface area contributed by atoms with E-state index in [0.717, 1.165) is 6.54 Å². The summed E-state index contributed by atoms with van der Waals surface area (Å²) >= 11 is 0. The molecule has 0 radical (unpaired) electrons. The van der Waals surface area contributed by atoms with Crippen molar-refractivity contribution < 1.29 is 4.57 Å². The second kappa shape index (κ2) is 5.36. The molecule has 0 unspecified atom stereocenters. The molecule has 0 amide bonds. The lowest BCUT2D eigenvalue weighted by Gasteiger charge is -2.08. The lowest BCUT2D eigenvalue weighted by atomic mass is 10.1. The smallest absolute Gasteiger partial charge is 0.226 e. The number of fused-ring (bicyclic) bond motifs is 1. The third-order valence-electron chi connectivity index (χ3n) is 4.04. The van der Waals surface area contributed by atoms with Crippen LogP contribution in [0.15, 0.2) is 48.5 Å². The highest BCUT2D eigenvalue weighted by Gasteiger charge is 2.25. The summed E-state index contributed by atoms with van der Waals surface area (Å²) in [6.45, 7) is 7.77. The average Bonchev–Trinajstić information content (AvgIpc) is 2.73. The summed E-state index contributed by atoms with van der Waals surface area (Å²) in [4.78, 5) is 0. The minimum Gasteiger partial charge on any atom is -0.226 e. The Bertz CT molecular complexity index is 781. The van der Waals surface area contributed by atoms with Crippen LogP contribution < -0.4 is 4.57 Å². The Morgan fingerprint density at radius 1 is 1.00 bits per heavy atom. The van der Waals surface area contributed by atoms with Gasteiger partial charge in [-0.05, 0) is 36.6 Å². The Labute approximate surface area is 126 Å². The number of benzene rings is 2. The zero-order valence-corrected chi connectivity index (χ0v) is 13.3. The predicted molar refractivity (Wildman–Crippen MR) is 88.1 cm³/mol. The van der Waals surface area contributed by atoms with Crippen molar-refractivity contribution in [3.8, 4) is 11.4 Å². The van der Waals surface area contributed by atoms with E-state index in [2.05, 4.69) is 85.5 Å². The standard InChI is InChI=1S/C19H23N2/c1-14(2)13-21-18-12-8-7-11-17(18)20(4)19(21)16-10-6-5-9-15(16)3/h5-12,14H,13H2,1-4H3/q+1. The maximum atomic E-state index is 2.46. The van der Waals surface area contributed by atoms with Gasteiger partial charge in [0.2, 0.25) is 0 Å². The van der Waals surface area contributed by atoms with E-state index in [4.69, 9.17) is 0 Å². The van der Waals surface area contributed by atoms with Crippen LogP contribution in [0.2, 0.25) is 0 Å². The van der Waals surface area contributed by atoms with Gasteiger partial charge in [0, 0.05) is 0 Å². The Balaban J connectivity index is 2.35. The number of hydrogen-bond acceptors (Lipinski definition) is 0. The minimum atomic E-state index is 0.614. The van der Waals surface area contributed by atoms with Crippen molar-refractivity contribution in [3.05, 3.63) is 54.1 Å². The fraction of sp³-hybridized carbons (Fsp3) is 0.316. The van der Waals surface area contributed by atoms with Gasteiger partial charge in [-0.1, -0.05) is 44.2 Å². The normalized spacial score (nSPS) is 11.5. The summed E-state index contributed by atoms with van der Waals surface area (Å²) in [6, 6.07) is 17.3. The fourth-order valence-corrected chi connectivity index (χ4v) is 3.09. The first-order valence-corrected chi connectivity index (χ1v) is 7.63. The zero-order valence-electron chi connectivity index (χ0n) is 13.3. The molecule has 1 aromatic heterocycles. The maximum absolute atomic E-state index is 2.46. The molecular formula is C19H23N2+. The molecule has 3 aromatic rings. The van der Waals surface area contributed by atoms with E-state index in [-0.39, 0.29) is 0 Å². The van der Waals surface area contributed by atoms with Gasteiger partial charge >= 0.3 is 0 Å². The van der Waals surface area contributed by atoms with E-state index in [0.29, 0.717) is 5.92 Å². The number of aryl methyl sites for hydroxylation is 2. The molecule has 0 aliphatic heterocycles. The molecule has 2 aromatic carbocycles. The van der Waals surface area contributed by atoms with Crippen molar-refractivity contribution >= 4 is 11.0 Å². The van der Waals surface area contributed by atoms with Gasteiger partial charge in [0.05, 0.1) is 19.2 Å². The average molecular weight is 279 g/mol. The van der Waals surface area contributed by atoms with Crippen molar-refractivity contribution in [1.29, 1.82) is 0 Å². The van der Waals surface area contributed by atoms with E-state index in [1.807, 2.05) is 0 Å². The van der Waals surface area contributed by atoms with Gasteiger partial charge in [-0.3, -0.25) is 0 Å². The summed E-state index contributed by atoms with van der Waals surface area (Å²) < 4.78 is 4.78. The summed E-state index contributed by atoms with van der Waals surface area (Å²) in [5.74, 6) is 1.91. The van der Waals surface area contributed by atoms with Crippen molar-refractivity contribution in [2.75, 3.05) is 0 Å². The first kappa shape index (κ1) is 13.9. The second-order valence-corrected chi connectivity index (χ2v) is 6.19. The number of rotatable bonds is 3. The SMILES string of the molecule is Cc1ccccc1-c1n(CC(C)C)c2ccccc2[n+]1C. The highest BCUT2D eigenvalue weighted by molar-refractivity contribution is 5.76. The van der Waals surface area contributed by atoms with Crippen LogP contribution in [0.25, 0.3) is 22.4 Å². The molecule has 2 heteroatoms. The van der Waals surface area contributed by atoms with E-state index >= 15 is 0 Å². The molecule has 0 atom stereocenters. The minimum absolute atomic E-state index is 0.614. The molecular weight excluding hydrogens is 256 g/mol. The first-order valence-electron chi connectivity index (χ1n) is 7.63. The largest absolute Gasteiger partial charge is 0.289 e.